The summed E-state index contributed by atoms with van der Waals surface area (Å²) in [7, 11) is 0. The van der Waals surface area contributed by atoms with Gasteiger partial charge in [0.2, 0.25) is 0 Å². The van der Waals surface area contributed by atoms with Crippen LogP contribution >= 0.6 is 0 Å². The fourth-order valence-corrected chi connectivity index (χ4v) is 5.79. The van der Waals surface area contributed by atoms with Crippen molar-refractivity contribution in [3.63, 3.8) is 0 Å². The standard InChI is InChI=1S/C28H34N10O6/c29-35-32-20-12-11-19(13-21(20)44-27-23(34-37-31)24(39)22(33-36-30)25(40)26(27)41)15-38(14-17-7-3-1-4-8-17)28(42)43-16-18-9-5-2-6-10-18/h1-10,19-27,39-41H,11-16H2/t19-,20-,21+,22-,23+,24-,25+,26-,27-/m1/s1. The highest BCUT2D eigenvalue weighted by Crippen LogP contribution is 2.35. The van der Waals surface area contributed by atoms with Gasteiger partial charge < -0.3 is 29.7 Å². The van der Waals surface area contributed by atoms with Crippen LogP contribution in [0, 0.1) is 5.92 Å². The zero-order valence-electron chi connectivity index (χ0n) is 23.8. The van der Waals surface area contributed by atoms with Gasteiger partial charge in [0, 0.05) is 27.8 Å². The number of aliphatic hydroxyl groups excluding tert-OH is 3. The Bertz CT molecular complexity index is 1380. The third kappa shape index (κ3) is 8.10. The monoisotopic (exact) mass is 606 g/mol. The zero-order chi connectivity index (χ0) is 31.5. The van der Waals surface area contributed by atoms with Gasteiger partial charge in [0.05, 0.1) is 42.5 Å². The quantitative estimate of drug-likeness (QED) is 0.188. The molecule has 0 radical (unpaired) electrons. The molecule has 16 heteroatoms. The van der Waals surface area contributed by atoms with Crippen LogP contribution in [0.15, 0.2) is 76.0 Å². The molecule has 0 unspecified atom stereocenters. The van der Waals surface area contributed by atoms with Gasteiger partial charge in [-0.2, -0.15) is 0 Å². The van der Waals surface area contributed by atoms with Crippen LogP contribution in [0.4, 0.5) is 4.79 Å². The minimum absolute atomic E-state index is 0.0994. The fraction of sp³-hybridized carbons (Fsp3) is 0.536. The topological polar surface area (TPSA) is 246 Å². The van der Waals surface area contributed by atoms with E-state index in [9.17, 15) is 25.6 Å². The Morgan fingerprint density at radius 2 is 1.43 bits per heavy atom. The van der Waals surface area contributed by atoms with E-state index in [0.29, 0.717) is 12.8 Å². The molecule has 2 saturated carbocycles. The number of benzene rings is 2. The number of aliphatic hydroxyl groups is 3. The third-order valence-electron chi connectivity index (χ3n) is 8.00. The lowest BCUT2D eigenvalue weighted by molar-refractivity contribution is -0.182. The van der Waals surface area contributed by atoms with Crippen LogP contribution in [0.3, 0.4) is 0 Å². The summed E-state index contributed by atoms with van der Waals surface area (Å²) in [4.78, 5) is 23.2. The molecule has 9 atom stereocenters. The van der Waals surface area contributed by atoms with E-state index in [-0.39, 0.29) is 32.0 Å². The van der Waals surface area contributed by atoms with Crippen molar-refractivity contribution in [1.82, 2.24) is 4.90 Å². The first-order valence-corrected chi connectivity index (χ1v) is 14.2. The van der Waals surface area contributed by atoms with Crippen LogP contribution in [0.5, 0.6) is 0 Å². The molecule has 0 heterocycles. The summed E-state index contributed by atoms with van der Waals surface area (Å²) >= 11 is 0. The number of ether oxygens (including phenoxy) is 2. The molecule has 0 saturated heterocycles. The smallest absolute Gasteiger partial charge is 0.410 e. The molecule has 44 heavy (non-hydrogen) atoms. The summed E-state index contributed by atoms with van der Waals surface area (Å²) in [5.74, 6) is -0.150. The molecule has 0 aliphatic heterocycles. The first kappa shape index (κ1) is 32.4. The molecule has 232 valence electrons. The Balaban J connectivity index is 1.53. The van der Waals surface area contributed by atoms with Crippen molar-refractivity contribution in [2.75, 3.05) is 6.54 Å². The molecule has 3 N–H and O–H groups in total. The zero-order valence-corrected chi connectivity index (χ0v) is 23.8. The van der Waals surface area contributed by atoms with Gasteiger partial charge in [-0.25, -0.2) is 4.79 Å². The van der Waals surface area contributed by atoms with Crippen molar-refractivity contribution in [3.05, 3.63) is 103 Å². The van der Waals surface area contributed by atoms with Gasteiger partial charge in [-0.1, -0.05) is 76.0 Å². The van der Waals surface area contributed by atoms with Crippen molar-refractivity contribution in [3.8, 4) is 0 Å². The number of azide groups is 3. The largest absolute Gasteiger partial charge is 0.445 e. The average molecular weight is 607 g/mol. The lowest BCUT2D eigenvalue weighted by Gasteiger charge is -2.45. The van der Waals surface area contributed by atoms with Crippen molar-refractivity contribution in [1.29, 1.82) is 0 Å². The molecule has 16 nitrogen and oxygen atoms in total. The van der Waals surface area contributed by atoms with Gasteiger partial charge in [-0.3, -0.25) is 0 Å². The minimum Gasteiger partial charge on any atom is -0.445 e. The normalized spacial score (nSPS) is 29.7. The Morgan fingerprint density at radius 3 is 2.07 bits per heavy atom. The number of rotatable bonds is 11. The third-order valence-corrected chi connectivity index (χ3v) is 8.00. The first-order valence-electron chi connectivity index (χ1n) is 14.2. The maximum atomic E-state index is 13.3. The molecule has 1 amide bonds. The van der Waals surface area contributed by atoms with E-state index < -0.39 is 54.7 Å². The highest BCUT2D eigenvalue weighted by atomic mass is 16.6. The molecule has 0 aromatic heterocycles. The summed E-state index contributed by atoms with van der Waals surface area (Å²) in [6.07, 6.45) is -6.55. The van der Waals surface area contributed by atoms with E-state index >= 15 is 0 Å². The van der Waals surface area contributed by atoms with Crippen molar-refractivity contribution >= 4 is 6.09 Å². The molecule has 2 aromatic rings. The second-order valence-electron chi connectivity index (χ2n) is 10.9. The van der Waals surface area contributed by atoms with E-state index in [4.69, 9.17) is 20.5 Å². The molecule has 0 spiro atoms. The molecule has 0 bridgehead atoms. The highest BCUT2D eigenvalue weighted by molar-refractivity contribution is 5.67. The maximum absolute atomic E-state index is 13.3. The Kier molecular flexibility index (Phi) is 11.6. The Labute approximate surface area is 252 Å². The molecule has 2 aromatic carbocycles. The molecule has 2 aliphatic rings. The highest BCUT2D eigenvalue weighted by Gasteiger charge is 2.51. The van der Waals surface area contributed by atoms with Gasteiger partial charge in [0.15, 0.2) is 0 Å². The van der Waals surface area contributed by atoms with Crippen LogP contribution in [-0.2, 0) is 22.6 Å². The number of carbonyl (C=O) groups excluding carboxylic acids is 1. The van der Waals surface area contributed by atoms with Gasteiger partial charge in [0.1, 0.15) is 12.7 Å². The summed E-state index contributed by atoms with van der Waals surface area (Å²) in [6.45, 7) is 0.667. The van der Waals surface area contributed by atoms with Crippen molar-refractivity contribution in [2.24, 2.45) is 21.3 Å². The predicted octanol–water partition coefficient (Wildman–Crippen LogP) is 4.51. The van der Waals surface area contributed by atoms with E-state index in [1.54, 1.807) is 4.90 Å². The second kappa shape index (κ2) is 15.8. The maximum Gasteiger partial charge on any atom is 0.410 e. The fourth-order valence-electron chi connectivity index (χ4n) is 5.79. The number of nitrogens with zero attached hydrogens (tertiary/aromatic N) is 10. The van der Waals surface area contributed by atoms with Gasteiger partial charge >= 0.3 is 6.09 Å². The molecule has 2 aliphatic carbocycles. The van der Waals surface area contributed by atoms with E-state index in [2.05, 4.69) is 30.1 Å². The van der Waals surface area contributed by atoms with E-state index in [0.717, 1.165) is 11.1 Å². The lowest BCUT2D eigenvalue weighted by atomic mass is 9.80. The van der Waals surface area contributed by atoms with E-state index in [1.807, 2.05) is 60.7 Å². The van der Waals surface area contributed by atoms with Crippen LogP contribution in [0.25, 0.3) is 31.3 Å². The SMILES string of the molecule is [N-]=[N+]=N[C@H]1[C@H](O)[C@@H](O)[C@H](O[C@H]2C[C@H](CN(Cc3ccccc3)C(=O)OCc3ccccc3)CC[C@H]2N=[N+]=[N-])[C@@H](N=[N+]=[N-])[C@@H]1O. The van der Waals surface area contributed by atoms with Crippen LogP contribution in [0.2, 0.25) is 0 Å². The Morgan fingerprint density at radius 1 is 0.818 bits per heavy atom. The van der Waals surface area contributed by atoms with Crippen LogP contribution in [0.1, 0.15) is 30.4 Å². The van der Waals surface area contributed by atoms with Crippen molar-refractivity contribution < 1.29 is 29.6 Å². The van der Waals surface area contributed by atoms with Gasteiger partial charge in [-0.15, -0.1) is 0 Å². The average Bonchev–Trinajstić information content (AvgIpc) is 3.04. The van der Waals surface area contributed by atoms with Crippen LogP contribution < -0.4 is 0 Å². The predicted molar refractivity (Wildman–Crippen MR) is 156 cm³/mol. The summed E-state index contributed by atoms with van der Waals surface area (Å²) in [6, 6.07) is 15.2. The summed E-state index contributed by atoms with van der Waals surface area (Å²) < 4.78 is 11.8. The molecular formula is C28H34N10O6. The summed E-state index contributed by atoms with van der Waals surface area (Å²) in [5, 5.41) is 42.9. The minimum atomic E-state index is -1.71. The second-order valence-corrected chi connectivity index (χ2v) is 10.9. The molecule has 4 rings (SSSR count). The van der Waals surface area contributed by atoms with Crippen molar-refractivity contribution in [2.45, 2.75) is 81.1 Å². The molecular weight excluding hydrogens is 572 g/mol. The molecule has 2 fully saturated rings. The number of hydrogen-bond donors (Lipinski definition) is 3. The number of carbonyl (C=O) groups is 1. The first-order chi connectivity index (χ1) is 21.4. The van der Waals surface area contributed by atoms with Gasteiger partial charge in [0.25, 0.3) is 0 Å². The van der Waals surface area contributed by atoms with Crippen LogP contribution in [-0.4, -0.2) is 81.5 Å². The number of amides is 1. The van der Waals surface area contributed by atoms with E-state index in [1.165, 1.54) is 0 Å². The summed E-state index contributed by atoms with van der Waals surface area (Å²) in [5.41, 5.74) is 28.9. The lowest BCUT2D eigenvalue weighted by Crippen LogP contribution is -2.64. The van der Waals surface area contributed by atoms with Gasteiger partial charge in [-0.05, 0) is 52.9 Å². The number of hydrogen-bond acceptors (Lipinski definition) is 9. The Hall–Kier alpha value is -4.52.